The summed E-state index contributed by atoms with van der Waals surface area (Å²) in [7, 11) is 0. The van der Waals surface area contributed by atoms with Crippen molar-refractivity contribution in [1.82, 2.24) is 5.32 Å². The lowest BCUT2D eigenvalue weighted by molar-refractivity contribution is 0.205. The standard InChI is InChI=1S/C28H38N2O2/c1-3-4-5-9-18-29-28(31)30-20-21(2)32-27-19-25(16-17-26(27)30)24-14-12-23(13-15-24)22-10-7-6-8-11-22/h12-17,19,21-22H,3-11,18,20H2,1-2H3,(H,29,31). The summed E-state index contributed by atoms with van der Waals surface area (Å²) in [5, 5.41) is 3.09. The van der Waals surface area contributed by atoms with E-state index in [0.29, 0.717) is 6.54 Å². The van der Waals surface area contributed by atoms with Crippen molar-refractivity contribution in [3.63, 3.8) is 0 Å². The first-order valence-corrected chi connectivity index (χ1v) is 12.6. The van der Waals surface area contributed by atoms with E-state index in [9.17, 15) is 4.79 Å². The number of fused-ring (bicyclic) bond motifs is 1. The molecule has 172 valence electrons. The molecule has 4 nitrogen and oxygen atoms in total. The Hall–Kier alpha value is -2.49. The Morgan fingerprint density at radius 2 is 1.75 bits per heavy atom. The minimum Gasteiger partial charge on any atom is -0.487 e. The van der Waals surface area contributed by atoms with Gasteiger partial charge in [0, 0.05) is 6.54 Å². The largest absolute Gasteiger partial charge is 0.487 e. The van der Waals surface area contributed by atoms with Crippen LogP contribution in [0.15, 0.2) is 42.5 Å². The molecule has 1 atom stereocenters. The third-order valence-electron chi connectivity index (χ3n) is 6.89. The molecular weight excluding hydrogens is 396 g/mol. The summed E-state index contributed by atoms with van der Waals surface area (Å²) >= 11 is 0. The van der Waals surface area contributed by atoms with Gasteiger partial charge in [0.05, 0.1) is 12.2 Å². The van der Waals surface area contributed by atoms with Crippen molar-refractivity contribution < 1.29 is 9.53 Å². The molecule has 1 heterocycles. The van der Waals surface area contributed by atoms with Crippen molar-refractivity contribution >= 4 is 11.7 Å². The van der Waals surface area contributed by atoms with E-state index in [0.717, 1.165) is 42.3 Å². The molecular formula is C28H38N2O2. The first kappa shape index (κ1) is 22.7. The van der Waals surface area contributed by atoms with Gasteiger partial charge in [0.15, 0.2) is 0 Å². The monoisotopic (exact) mass is 434 g/mol. The summed E-state index contributed by atoms with van der Waals surface area (Å²) in [6.07, 6.45) is 11.3. The number of ether oxygens (including phenoxy) is 1. The molecule has 0 radical (unpaired) electrons. The van der Waals surface area contributed by atoms with Crippen molar-refractivity contribution in [2.75, 3.05) is 18.0 Å². The van der Waals surface area contributed by atoms with Crippen LogP contribution in [-0.4, -0.2) is 25.2 Å². The number of carbonyl (C=O) groups excluding carboxylic acids is 1. The first-order chi connectivity index (χ1) is 15.7. The van der Waals surface area contributed by atoms with Crippen LogP contribution in [0.2, 0.25) is 0 Å². The zero-order valence-corrected chi connectivity index (χ0v) is 19.7. The maximum absolute atomic E-state index is 12.8. The average molecular weight is 435 g/mol. The van der Waals surface area contributed by atoms with Crippen molar-refractivity contribution in [3.05, 3.63) is 48.0 Å². The molecule has 1 aliphatic heterocycles. The number of carbonyl (C=O) groups is 1. The van der Waals surface area contributed by atoms with Gasteiger partial charge in [0.25, 0.3) is 0 Å². The fraction of sp³-hybridized carbons (Fsp3) is 0.536. The Bertz CT molecular complexity index is 887. The molecule has 4 rings (SSSR count). The number of amides is 2. The van der Waals surface area contributed by atoms with Crippen LogP contribution in [0.4, 0.5) is 10.5 Å². The van der Waals surface area contributed by atoms with Gasteiger partial charge in [0.2, 0.25) is 0 Å². The SMILES string of the molecule is CCCCCCNC(=O)N1CC(C)Oc2cc(-c3ccc(C4CCCCC4)cc3)ccc21. The van der Waals surface area contributed by atoms with E-state index in [1.54, 1.807) is 0 Å². The van der Waals surface area contributed by atoms with E-state index < -0.39 is 0 Å². The van der Waals surface area contributed by atoms with E-state index in [1.807, 2.05) is 17.9 Å². The predicted molar refractivity (Wildman–Crippen MR) is 133 cm³/mol. The van der Waals surface area contributed by atoms with Crippen LogP contribution in [0.25, 0.3) is 11.1 Å². The van der Waals surface area contributed by atoms with Crippen LogP contribution in [0.5, 0.6) is 5.75 Å². The van der Waals surface area contributed by atoms with E-state index in [4.69, 9.17) is 4.74 Å². The fourth-order valence-corrected chi connectivity index (χ4v) is 5.04. The summed E-state index contributed by atoms with van der Waals surface area (Å²) < 4.78 is 6.13. The molecule has 32 heavy (non-hydrogen) atoms. The molecule has 2 aromatic rings. The third kappa shape index (κ3) is 5.46. The molecule has 1 unspecified atom stereocenters. The highest BCUT2D eigenvalue weighted by Crippen LogP contribution is 2.38. The second-order valence-corrected chi connectivity index (χ2v) is 9.47. The lowest BCUT2D eigenvalue weighted by Crippen LogP contribution is -2.47. The van der Waals surface area contributed by atoms with Gasteiger partial charge in [-0.1, -0.05) is 75.8 Å². The van der Waals surface area contributed by atoms with Gasteiger partial charge in [-0.2, -0.15) is 0 Å². The first-order valence-electron chi connectivity index (χ1n) is 12.6. The molecule has 0 saturated heterocycles. The number of nitrogens with zero attached hydrogens (tertiary/aromatic N) is 1. The van der Waals surface area contributed by atoms with Crippen LogP contribution in [0.3, 0.4) is 0 Å². The molecule has 1 fully saturated rings. The summed E-state index contributed by atoms with van der Waals surface area (Å²) in [4.78, 5) is 14.7. The van der Waals surface area contributed by atoms with Gasteiger partial charge >= 0.3 is 6.03 Å². The maximum Gasteiger partial charge on any atom is 0.322 e. The molecule has 1 aliphatic carbocycles. The van der Waals surface area contributed by atoms with E-state index in [1.165, 1.54) is 56.1 Å². The van der Waals surface area contributed by atoms with Crippen LogP contribution in [-0.2, 0) is 0 Å². The van der Waals surface area contributed by atoms with Gasteiger partial charge in [-0.3, -0.25) is 4.90 Å². The zero-order chi connectivity index (χ0) is 22.3. The second-order valence-electron chi connectivity index (χ2n) is 9.47. The average Bonchev–Trinajstić information content (AvgIpc) is 2.83. The number of anilines is 1. The highest BCUT2D eigenvalue weighted by molar-refractivity contribution is 5.94. The molecule has 1 saturated carbocycles. The summed E-state index contributed by atoms with van der Waals surface area (Å²) in [6, 6.07) is 15.3. The molecule has 2 aliphatic rings. The number of urea groups is 1. The van der Waals surface area contributed by atoms with Crippen molar-refractivity contribution in [1.29, 1.82) is 0 Å². The lowest BCUT2D eigenvalue weighted by atomic mass is 9.84. The van der Waals surface area contributed by atoms with Crippen molar-refractivity contribution in [2.45, 2.75) is 83.7 Å². The molecule has 0 aromatic heterocycles. The molecule has 2 aromatic carbocycles. The normalized spacial score (nSPS) is 18.7. The van der Waals surface area contributed by atoms with E-state index in [2.05, 4.69) is 48.6 Å². The van der Waals surface area contributed by atoms with Crippen LogP contribution in [0.1, 0.15) is 83.1 Å². The predicted octanol–water partition coefficient (Wildman–Crippen LogP) is 7.28. The van der Waals surface area contributed by atoms with Gasteiger partial charge in [-0.25, -0.2) is 4.79 Å². The minimum absolute atomic E-state index is 0.0255. The Labute approximate surface area is 193 Å². The number of hydrogen-bond acceptors (Lipinski definition) is 2. The number of rotatable bonds is 7. The summed E-state index contributed by atoms with van der Waals surface area (Å²) in [5.74, 6) is 1.51. The van der Waals surface area contributed by atoms with Crippen LogP contribution >= 0.6 is 0 Å². The van der Waals surface area contributed by atoms with Gasteiger partial charge in [-0.05, 0) is 60.9 Å². The van der Waals surface area contributed by atoms with Gasteiger partial charge < -0.3 is 10.1 Å². The number of nitrogens with one attached hydrogen (secondary N) is 1. The topological polar surface area (TPSA) is 41.6 Å². The molecule has 0 spiro atoms. The quantitative estimate of drug-likeness (QED) is 0.465. The second kappa shape index (κ2) is 10.9. The van der Waals surface area contributed by atoms with Gasteiger partial charge in [0.1, 0.15) is 11.9 Å². The van der Waals surface area contributed by atoms with Crippen molar-refractivity contribution in [3.8, 4) is 16.9 Å². The molecule has 4 heteroatoms. The minimum atomic E-state index is -0.0303. The third-order valence-corrected chi connectivity index (χ3v) is 6.89. The highest BCUT2D eigenvalue weighted by Gasteiger charge is 2.28. The van der Waals surface area contributed by atoms with E-state index in [-0.39, 0.29) is 12.1 Å². The Balaban J connectivity index is 1.46. The Morgan fingerprint density at radius 3 is 2.50 bits per heavy atom. The molecule has 2 amide bonds. The highest BCUT2D eigenvalue weighted by atomic mass is 16.5. The Morgan fingerprint density at radius 1 is 1.00 bits per heavy atom. The smallest absolute Gasteiger partial charge is 0.322 e. The van der Waals surface area contributed by atoms with Crippen molar-refractivity contribution in [2.24, 2.45) is 0 Å². The number of unbranched alkanes of at least 4 members (excludes halogenated alkanes) is 3. The maximum atomic E-state index is 12.8. The summed E-state index contributed by atoms with van der Waals surface area (Å²) in [5.41, 5.74) is 4.66. The van der Waals surface area contributed by atoms with E-state index >= 15 is 0 Å². The number of benzene rings is 2. The number of hydrogen-bond donors (Lipinski definition) is 1. The zero-order valence-electron chi connectivity index (χ0n) is 19.7. The lowest BCUT2D eigenvalue weighted by Gasteiger charge is -2.33. The molecule has 0 bridgehead atoms. The Kier molecular flexibility index (Phi) is 7.72. The fourth-order valence-electron chi connectivity index (χ4n) is 5.04. The van der Waals surface area contributed by atoms with Crippen LogP contribution < -0.4 is 15.0 Å². The van der Waals surface area contributed by atoms with Gasteiger partial charge in [-0.15, -0.1) is 0 Å². The molecule has 1 N–H and O–H groups in total. The summed E-state index contributed by atoms with van der Waals surface area (Å²) in [6.45, 7) is 5.52. The van der Waals surface area contributed by atoms with Crippen LogP contribution in [0, 0.1) is 0 Å².